The van der Waals surface area contributed by atoms with Crippen molar-refractivity contribution in [3.63, 3.8) is 0 Å². The van der Waals surface area contributed by atoms with Crippen LogP contribution in [0.2, 0.25) is 0 Å². The number of rotatable bonds is 4. The van der Waals surface area contributed by atoms with Crippen molar-refractivity contribution in [1.29, 1.82) is 0 Å². The van der Waals surface area contributed by atoms with Gasteiger partial charge in [-0.25, -0.2) is 0 Å². The normalized spacial score (nSPS) is 17.0. The third-order valence-electron chi connectivity index (χ3n) is 3.45. The first-order valence-electron chi connectivity index (χ1n) is 6.50. The fourth-order valence-electron chi connectivity index (χ4n) is 2.14. The van der Waals surface area contributed by atoms with Crippen LogP contribution in [0.4, 0.5) is 13.2 Å². The van der Waals surface area contributed by atoms with E-state index in [0.717, 1.165) is 19.3 Å². The second-order valence-corrected chi connectivity index (χ2v) is 6.66. The number of alkyl halides is 3. The number of hydrogen-bond donors (Lipinski definition) is 1. The minimum Gasteiger partial charge on any atom is -0.483 e. The van der Waals surface area contributed by atoms with Crippen LogP contribution in [-0.4, -0.2) is 24.2 Å². The summed E-state index contributed by atoms with van der Waals surface area (Å²) in [6.07, 6.45) is -1.64. The minimum atomic E-state index is -4.44. The van der Waals surface area contributed by atoms with Gasteiger partial charge in [0.15, 0.2) is 6.61 Å². The Labute approximate surface area is 134 Å². The molecule has 1 aromatic rings. The number of nitrogens with one attached hydrogen (secondary N) is 1. The highest BCUT2D eigenvalue weighted by Crippen LogP contribution is 2.32. The molecule has 1 N–H and O–H groups in total. The molecule has 0 heterocycles. The van der Waals surface area contributed by atoms with E-state index in [1.807, 2.05) is 29.5 Å². The van der Waals surface area contributed by atoms with Gasteiger partial charge in [-0.3, -0.25) is 4.79 Å². The van der Waals surface area contributed by atoms with Gasteiger partial charge in [0.25, 0.3) is 5.91 Å². The van der Waals surface area contributed by atoms with Gasteiger partial charge in [-0.1, -0.05) is 0 Å². The van der Waals surface area contributed by atoms with Crippen molar-refractivity contribution in [1.82, 2.24) is 5.32 Å². The SMILES string of the molecule is CC1(NC(=O)c2ccc(I)cc2OCC(F)(F)F)CCC1. The molecule has 0 spiro atoms. The standard InChI is InChI=1S/C14H15F3INO2/c1-13(5-2-6-13)19-12(20)10-4-3-9(18)7-11(10)21-8-14(15,16)17/h3-4,7H,2,5-6,8H2,1H3,(H,19,20). The Bertz CT molecular complexity index is 542. The highest BCUT2D eigenvalue weighted by Gasteiger charge is 2.34. The van der Waals surface area contributed by atoms with E-state index < -0.39 is 18.7 Å². The summed E-state index contributed by atoms with van der Waals surface area (Å²) in [5.41, 5.74) is -0.130. The lowest BCUT2D eigenvalue weighted by Crippen LogP contribution is -2.51. The molecule has 1 fully saturated rings. The van der Waals surface area contributed by atoms with Crippen LogP contribution in [0.25, 0.3) is 0 Å². The van der Waals surface area contributed by atoms with E-state index in [9.17, 15) is 18.0 Å². The minimum absolute atomic E-state index is 0.0420. The summed E-state index contributed by atoms with van der Waals surface area (Å²) in [5.74, 6) is -0.439. The summed E-state index contributed by atoms with van der Waals surface area (Å²) in [4.78, 5) is 12.2. The van der Waals surface area contributed by atoms with Gasteiger partial charge in [-0.05, 0) is 67.0 Å². The van der Waals surface area contributed by atoms with Gasteiger partial charge in [0.2, 0.25) is 0 Å². The molecule has 2 rings (SSSR count). The number of halogens is 4. The van der Waals surface area contributed by atoms with E-state index in [1.165, 1.54) is 12.1 Å². The summed E-state index contributed by atoms with van der Waals surface area (Å²) in [6, 6.07) is 4.59. The highest BCUT2D eigenvalue weighted by molar-refractivity contribution is 14.1. The predicted octanol–water partition coefficient (Wildman–Crippen LogP) is 3.90. The van der Waals surface area contributed by atoms with Crippen molar-refractivity contribution in [2.24, 2.45) is 0 Å². The van der Waals surface area contributed by atoms with E-state index in [0.29, 0.717) is 3.57 Å². The van der Waals surface area contributed by atoms with Crippen LogP contribution < -0.4 is 10.1 Å². The van der Waals surface area contributed by atoms with Crippen LogP contribution in [0, 0.1) is 3.57 Å². The lowest BCUT2D eigenvalue weighted by molar-refractivity contribution is -0.153. The second kappa shape index (κ2) is 6.02. The molecule has 21 heavy (non-hydrogen) atoms. The van der Waals surface area contributed by atoms with Gasteiger partial charge in [0, 0.05) is 9.11 Å². The monoisotopic (exact) mass is 413 g/mol. The van der Waals surface area contributed by atoms with Crippen LogP contribution in [0.15, 0.2) is 18.2 Å². The average molecular weight is 413 g/mol. The summed E-state index contributed by atoms with van der Waals surface area (Å²) in [6.45, 7) is 0.516. The Morgan fingerprint density at radius 2 is 2.10 bits per heavy atom. The second-order valence-electron chi connectivity index (χ2n) is 5.41. The van der Waals surface area contributed by atoms with E-state index in [-0.39, 0.29) is 16.9 Å². The molecule has 0 saturated heterocycles. The van der Waals surface area contributed by atoms with Gasteiger partial charge in [0.1, 0.15) is 5.75 Å². The first-order chi connectivity index (χ1) is 9.69. The van der Waals surface area contributed by atoms with Crippen molar-refractivity contribution >= 4 is 28.5 Å². The largest absolute Gasteiger partial charge is 0.483 e. The van der Waals surface area contributed by atoms with Crippen LogP contribution in [0.3, 0.4) is 0 Å². The Kier molecular flexibility index (Phi) is 4.69. The number of carbonyl (C=O) groups excluding carboxylic acids is 1. The molecule has 0 unspecified atom stereocenters. The van der Waals surface area contributed by atoms with Gasteiger partial charge >= 0.3 is 6.18 Å². The number of carbonyl (C=O) groups is 1. The first-order valence-corrected chi connectivity index (χ1v) is 7.58. The molecule has 1 aliphatic rings. The lowest BCUT2D eigenvalue weighted by atomic mass is 9.78. The van der Waals surface area contributed by atoms with E-state index in [4.69, 9.17) is 4.74 Å². The van der Waals surface area contributed by atoms with Crippen LogP contribution in [0.1, 0.15) is 36.5 Å². The smallest absolute Gasteiger partial charge is 0.422 e. The molecular formula is C14H15F3INO2. The molecule has 116 valence electrons. The molecule has 3 nitrogen and oxygen atoms in total. The zero-order chi connectivity index (χ0) is 15.7. The third-order valence-corrected chi connectivity index (χ3v) is 4.12. The molecule has 1 aromatic carbocycles. The molecule has 1 aliphatic carbocycles. The zero-order valence-corrected chi connectivity index (χ0v) is 13.5. The van der Waals surface area contributed by atoms with Crippen molar-refractivity contribution in [2.45, 2.75) is 37.9 Å². The van der Waals surface area contributed by atoms with Gasteiger partial charge in [0.05, 0.1) is 5.56 Å². The predicted molar refractivity (Wildman–Crippen MR) is 80.4 cm³/mol. The maximum Gasteiger partial charge on any atom is 0.422 e. The van der Waals surface area contributed by atoms with E-state index >= 15 is 0 Å². The molecule has 0 atom stereocenters. The molecule has 1 amide bonds. The molecule has 0 aromatic heterocycles. The van der Waals surface area contributed by atoms with Crippen LogP contribution in [-0.2, 0) is 0 Å². The Hall–Kier alpha value is -0.990. The number of benzene rings is 1. The van der Waals surface area contributed by atoms with Gasteiger partial charge in [-0.15, -0.1) is 0 Å². The maximum absolute atomic E-state index is 12.3. The topological polar surface area (TPSA) is 38.3 Å². The van der Waals surface area contributed by atoms with Crippen molar-refractivity contribution in [2.75, 3.05) is 6.61 Å². The third kappa shape index (κ3) is 4.49. The average Bonchev–Trinajstić information content (AvgIpc) is 2.33. The Morgan fingerprint density at radius 3 is 2.62 bits per heavy atom. The van der Waals surface area contributed by atoms with Crippen molar-refractivity contribution < 1.29 is 22.7 Å². The van der Waals surface area contributed by atoms with E-state index in [1.54, 1.807) is 6.07 Å². The molecule has 0 aliphatic heterocycles. The fourth-order valence-corrected chi connectivity index (χ4v) is 2.60. The van der Waals surface area contributed by atoms with Gasteiger partial charge < -0.3 is 10.1 Å². The number of amides is 1. The molecular weight excluding hydrogens is 398 g/mol. The van der Waals surface area contributed by atoms with Crippen molar-refractivity contribution in [3.05, 3.63) is 27.3 Å². The van der Waals surface area contributed by atoms with E-state index in [2.05, 4.69) is 5.32 Å². The molecule has 1 saturated carbocycles. The van der Waals surface area contributed by atoms with Crippen LogP contribution in [0.5, 0.6) is 5.75 Å². The van der Waals surface area contributed by atoms with Crippen molar-refractivity contribution in [3.8, 4) is 5.75 Å². The Balaban J connectivity index is 2.15. The number of ether oxygens (including phenoxy) is 1. The number of hydrogen-bond acceptors (Lipinski definition) is 2. The summed E-state index contributed by atoms with van der Waals surface area (Å²) < 4.78 is 42.3. The summed E-state index contributed by atoms with van der Waals surface area (Å²) in [7, 11) is 0. The Morgan fingerprint density at radius 1 is 1.43 bits per heavy atom. The summed E-state index contributed by atoms with van der Waals surface area (Å²) in [5, 5.41) is 2.86. The summed E-state index contributed by atoms with van der Waals surface area (Å²) >= 11 is 1.96. The lowest BCUT2D eigenvalue weighted by Gasteiger charge is -2.39. The quantitative estimate of drug-likeness (QED) is 0.761. The molecule has 0 bridgehead atoms. The van der Waals surface area contributed by atoms with Gasteiger partial charge in [-0.2, -0.15) is 13.2 Å². The fraction of sp³-hybridized carbons (Fsp3) is 0.500. The molecule has 7 heteroatoms. The molecule has 0 radical (unpaired) electrons. The highest BCUT2D eigenvalue weighted by atomic mass is 127. The van der Waals surface area contributed by atoms with Crippen LogP contribution >= 0.6 is 22.6 Å². The first kappa shape index (κ1) is 16.4. The zero-order valence-electron chi connectivity index (χ0n) is 11.4. The maximum atomic E-state index is 12.3.